The molecule has 61 heavy (non-hydrogen) atoms. The highest BCUT2D eigenvalue weighted by atomic mass is 35.5. The van der Waals surface area contributed by atoms with Crippen LogP contribution in [0.15, 0.2) is 54.6 Å². The van der Waals surface area contributed by atoms with E-state index < -0.39 is 24.3 Å². The standard InChI is InChI=1S/C45H49ClN8O7/c1-21(2)36(51-45(59)60-3)42(55)53-32-17-29(32)20-35(53)41-49-37(39(46)52-41)27-7-6-23-14-24(4-5-25(23)15-27)26-8-9-30-31(16-26)48-40(47-30)34-19-28-18-33(28)54(34)43(56)38(50-44(57)58)22-10-12-61-13-11-22/h4-9,14-16,21-22,28-29,32-36,38,50H,10-13,17-20H2,1-3H3,(H,47,48)(H,49,52)(H,51,59)(H,57,58)/t28-,29-,32-,33-,34+,35+,36+,38+/m1/s1. The number of carbonyl (C=O) groups excluding carboxylic acids is 3. The van der Waals surface area contributed by atoms with E-state index in [2.05, 4.69) is 63.1 Å². The molecule has 0 bridgehead atoms. The van der Waals surface area contributed by atoms with Crippen molar-refractivity contribution in [1.82, 2.24) is 40.4 Å². The van der Waals surface area contributed by atoms with Crippen molar-refractivity contribution in [2.45, 2.75) is 88.6 Å². The molecule has 5 aliphatic rings. The molecule has 4 amide bonds. The summed E-state index contributed by atoms with van der Waals surface area (Å²) in [5.74, 6) is 1.57. The Bertz CT molecular complexity index is 2570. The quantitative estimate of drug-likeness (QED) is 0.0967. The Morgan fingerprint density at radius 3 is 2.07 bits per heavy atom. The monoisotopic (exact) mass is 848 g/mol. The predicted molar refractivity (Wildman–Crippen MR) is 226 cm³/mol. The van der Waals surface area contributed by atoms with Gasteiger partial charge in [-0.25, -0.2) is 19.6 Å². The van der Waals surface area contributed by atoms with E-state index in [0.29, 0.717) is 54.6 Å². The average Bonchev–Trinajstić information content (AvgIpc) is 3.94. The molecule has 0 unspecified atom stereocenters. The number of amides is 4. The number of ether oxygens (including phenoxy) is 2. The van der Waals surface area contributed by atoms with Crippen molar-refractivity contribution in [2.75, 3.05) is 20.3 Å². The number of aromatic nitrogens is 4. The third kappa shape index (κ3) is 7.24. The summed E-state index contributed by atoms with van der Waals surface area (Å²) in [7, 11) is 1.29. The van der Waals surface area contributed by atoms with E-state index in [9.17, 15) is 24.3 Å². The van der Waals surface area contributed by atoms with Crippen LogP contribution in [0.1, 0.15) is 76.1 Å². The number of rotatable bonds is 10. The van der Waals surface area contributed by atoms with Gasteiger partial charge in [-0.2, -0.15) is 0 Å². The molecule has 2 aliphatic carbocycles. The van der Waals surface area contributed by atoms with Crippen LogP contribution in [0, 0.1) is 23.7 Å². The lowest BCUT2D eigenvalue weighted by molar-refractivity contribution is -0.138. The van der Waals surface area contributed by atoms with Crippen molar-refractivity contribution in [3.05, 3.63) is 71.4 Å². The van der Waals surface area contributed by atoms with Crippen molar-refractivity contribution < 1.29 is 33.8 Å². The molecule has 5 heterocycles. The molecular formula is C45H49ClN8O7. The number of hydrogen-bond donors (Lipinski definition) is 5. The zero-order valence-electron chi connectivity index (χ0n) is 34.2. The number of H-pyrrole nitrogens is 2. The van der Waals surface area contributed by atoms with Crippen LogP contribution in [-0.4, -0.2) is 103 Å². The minimum Gasteiger partial charge on any atom is -0.465 e. The number of methoxy groups -OCH3 is 1. The van der Waals surface area contributed by atoms with Gasteiger partial charge in [0.15, 0.2) is 5.15 Å². The molecule has 15 nitrogen and oxygen atoms in total. The Labute approximate surface area is 356 Å². The molecule has 5 N–H and O–H groups in total. The van der Waals surface area contributed by atoms with Crippen LogP contribution in [0.5, 0.6) is 0 Å². The maximum atomic E-state index is 14.1. The van der Waals surface area contributed by atoms with Crippen molar-refractivity contribution in [3.8, 4) is 22.4 Å². The summed E-state index contributed by atoms with van der Waals surface area (Å²) in [6.45, 7) is 4.84. The summed E-state index contributed by atoms with van der Waals surface area (Å²) in [5, 5.41) is 17.3. The molecule has 5 fully saturated rings. The van der Waals surface area contributed by atoms with Crippen molar-refractivity contribution >= 4 is 57.4 Å². The molecule has 3 aliphatic heterocycles. The number of halogens is 1. The van der Waals surface area contributed by atoms with Crippen molar-refractivity contribution in [3.63, 3.8) is 0 Å². The van der Waals surface area contributed by atoms with E-state index in [4.69, 9.17) is 31.0 Å². The number of carbonyl (C=O) groups is 4. The molecule has 16 heteroatoms. The van der Waals surface area contributed by atoms with Gasteiger partial charge in [-0.15, -0.1) is 0 Å². The lowest BCUT2D eigenvalue weighted by Gasteiger charge is -2.35. The number of nitrogens with one attached hydrogen (secondary N) is 4. The van der Waals surface area contributed by atoms with Crippen LogP contribution in [0.4, 0.5) is 9.59 Å². The molecule has 318 valence electrons. The van der Waals surface area contributed by atoms with Crippen LogP contribution in [0.3, 0.4) is 0 Å². The van der Waals surface area contributed by atoms with Gasteiger partial charge in [-0.05, 0) is 108 Å². The molecule has 0 spiro atoms. The highest BCUT2D eigenvalue weighted by molar-refractivity contribution is 6.32. The number of likely N-dealkylation sites (tertiary alicyclic amines) is 2. The van der Waals surface area contributed by atoms with Crippen LogP contribution in [0.25, 0.3) is 44.2 Å². The second-order valence-corrected chi connectivity index (χ2v) is 18.1. The van der Waals surface area contributed by atoms with E-state index >= 15 is 0 Å². The fourth-order valence-electron chi connectivity index (χ4n) is 10.3. The maximum absolute atomic E-state index is 14.1. The Morgan fingerprint density at radius 1 is 0.803 bits per heavy atom. The third-order valence-electron chi connectivity index (χ3n) is 13.7. The van der Waals surface area contributed by atoms with E-state index in [-0.39, 0.29) is 47.8 Å². The van der Waals surface area contributed by atoms with Crippen LogP contribution in [-0.2, 0) is 19.1 Å². The van der Waals surface area contributed by atoms with E-state index in [0.717, 1.165) is 70.0 Å². The van der Waals surface area contributed by atoms with Gasteiger partial charge in [-0.3, -0.25) is 9.59 Å². The van der Waals surface area contributed by atoms with Gasteiger partial charge in [0.1, 0.15) is 23.7 Å². The van der Waals surface area contributed by atoms with Gasteiger partial charge in [0.05, 0.1) is 35.9 Å². The maximum Gasteiger partial charge on any atom is 0.407 e. The van der Waals surface area contributed by atoms with Crippen molar-refractivity contribution in [1.29, 1.82) is 0 Å². The van der Waals surface area contributed by atoms with Gasteiger partial charge in [-0.1, -0.05) is 55.8 Å². The molecule has 2 saturated carbocycles. The molecule has 8 atom stereocenters. The summed E-state index contributed by atoms with van der Waals surface area (Å²) in [6.07, 6.45) is 2.88. The minimum atomic E-state index is -1.19. The topological polar surface area (TPSA) is 195 Å². The van der Waals surface area contributed by atoms with Crippen LogP contribution < -0.4 is 10.6 Å². The number of fused-ring (bicyclic) bond motifs is 4. The minimum absolute atomic E-state index is 0.100. The lowest BCUT2D eigenvalue weighted by atomic mass is 9.90. The molecule has 5 aromatic rings. The van der Waals surface area contributed by atoms with Gasteiger partial charge in [0.2, 0.25) is 11.8 Å². The number of benzene rings is 3. The van der Waals surface area contributed by atoms with E-state index in [1.807, 2.05) is 35.8 Å². The Kier molecular flexibility index (Phi) is 9.93. The number of imidazole rings is 2. The summed E-state index contributed by atoms with van der Waals surface area (Å²) < 4.78 is 10.3. The normalized spacial score (nSPS) is 25.3. The molecular weight excluding hydrogens is 800 g/mol. The largest absolute Gasteiger partial charge is 0.465 e. The van der Waals surface area contributed by atoms with E-state index in [1.165, 1.54) is 7.11 Å². The van der Waals surface area contributed by atoms with Crippen LogP contribution in [0.2, 0.25) is 5.15 Å². The average molecular weight is 849 g/mol. The lowest BCUT2D eigenvalue weighted by Crippen LogP contribution is -2.53. The number of nitrogens with zero attached hydrogens (tertiary/aromatic N) is 4. The summed E-state index contributed by atoms with van der Waals surface area (Å²) in [5.41, 5.74) is 5.25. The first-order valence-electron chi connectivity index (χ1n) is 21.3. The number of aromatic amines is 2. The highest BCUT2D eigenvalue weighted by Gasteiger charge is 2.58. The second kappa shape index (κ2) is 15.4. The number of alkyl carbamates (subject to hydrolysis) is 1. The Morgan fingerprint density at radius 2 is 1.41 bits per heavy atom. The summed E-state index contributed by atoms with van der Waals surface area (Å²) in [6, 6.07) is 16.7. The van der Waals surface area contributed by atoms with E-state index in [1.54, 1.807) is 0 Å². The first kappa shape index (κ1) is 39.5. The third-order valence-corrected chi connectivity index (χ3v) is 13.9. The Balaban J connectivity index is 0.873. The molecule has 3 saturated heterocycles. The fourth-order valence-corrected chi connectivity index (χ4v) is 10.5. The van der Waals surface area contributed by atoms with Crippen LogP contribution >= 0.6 is 11.6 Å². The molecule has 2 aromatic heterocycles. The zero-order chi connectivity index (χ0) is 42.3. The first-order valence-corrected chi connectivity index (χ1v) is 21.7. The number of carboxylic acid groups (broad SMARTS) is 1. The molecule has 0 radical (unpaired) electrons. The van der Waals surface area contributed by atoms with Gasteiger partial charge in [0.25, 0.3) is 0 Å². The number of piperidine rings is 2. The molecule has 3 aromatic carbocycles. The smallest absolute Gasteiger partial charge is 0.407 e. The Hall–Kier alpha value is -5.67. The van der Waals surface area contributed by atoms with Gasteiger partial charge < -0.3 is 45.0 Å². The summed E-state index contributed by atoms with van der Waals surface area (Å²) in [4.78, 5) is 72.4. The molecule has 10 rings (SSSR count). The second-order valence-electron chi connectivity index (χ2n) is 17.8. The number of hydrogen-bond acceptors (Lipinski definition) is 8. The highest BCUT2D eigenvalue weighted by Crippen LogP contribution is 2.55. The van der Waals surface area contributed by atoms with Gasteiger partial charge >= 0.3 is 12.2 Å². The fraction of sp³-hybridized carbons (Fsp3) is 0.467. The SMILES string of the molecule is COC(=O)N[C@H](C(=O)N1[C@@H]2C[C@@H]2C[C@H]1c1nc(Cl)c(-c2ccc3cc(-c4ccc5[nH]c([C@@H]6C[C@H]7C[C@H]7N6C(=O)[C@@H](NC(=O)O)C6CCOCC6)nc5c4)ccc3c2)[nH]1)C(C)C. The first-order chi connectivity index (χ1) is 29.4. The van der Waals surface area contributed by atoms with Crippen molar-refractivity contribution in [2.24, 2.45) is 23.7 Å². The van der Waals surface area contributed by atoms with Gasteiger partial charge in [0, 0.05) is 30.9 Å². The summed E-state index contributed by atoms with van der Waals surface area (Å²) >= 11 is 6.80. The zero-order valence-corrected chi connectivity index (χ0v) is 34.9. The predicted octanol–water partition coefficient (Wildman–Crippen LogP) is 7.19.